The standard InChI is InChI=1S/C28H24ClN3O7S2/c29-24-11-13-27(14-12-24)41(38,39)31(18-25-5-1-2-15-30-25)17-21-7-9-23(10-8-21)28(33)20-40(36,37)19-22-4-3-6-26(16-22)32(34)35/h1-16H,17-20H2. The smallest absolute Gasteiger partial charge is 0.269 e. The molecule has 0 aliphatic carbocycles. The highest BCUT2D eigenvalue weighted by atomic mass is 35.5. The fourth-order valence-electron chi connectivity index (χ4n) is 4.00. The number of nitro benzene ring substituents is 1. The van der Waals surface area contributed by atoms with Crippen LogP contribution in [0.1, 0.15) is 27.2 Å². The molecule has 0 radical (unpaired) electrons. The largest absolute Gasteiger partial charge is 0.293 e. The molecule has 41 heavy (non-hydrogen) atoms. The van der Waals surface area contributed by atoms with Crippen molar-refractivity contribution >= 4 is 42.9 Å². The summed E-state index contributed by atoms with van der Waals surface area (Å²) in [6.45, 7) is -0.0521. The molecule has 0 unspecified atom stereocenters. The summed E-state index contributed by atoms with van der Waals surface area (Å²) in [5.74, 6) is -1.96. The number of sulfone groups is 1. The maximum atomic E-state index is 13.5. The van der Waals surface area contributed by atoms with Crippen LogP contribution in [0.4, 0.5) is 5.69 Å². The van der Waals surface area contributed by atoms with Gasteiger partial charge in [-0.2, -0.15) is 4.31 Å². The van der Waals surface area contributed by atoms with Gasteiger partial charge < -0.3 is 0 Å². The number of carbonyl (C=O) groups excluding carboxylic acids is 1. The summed E-state index contributed by atoms with van der Waals surface area (Å²) in [5.41, 5.74) is 1.19. The number of halogens is 1. The second-order valence-electron chi connectivity index (χ2n) is 9.13. The van der Waals surface area contributed by atoms with Crippen molar-refractivity contribution in [3.8, 4) is 0 Å². The maximum absolute atomic E-state index is 13.5. The summed E-state index contributed by atoms with van der Waals surface area (Å²) < 4.78 is 53.5. The van der Waals surface area contributed by atoms with E-state index in [1.807, 2.05) is 0 Å². The van der Waals surface area contributed by atoms with Gasteiger partial charge in [-0.1, -0.05) is 54.1 Å². The lowest BCUT2D eigenvalue weighted by Gasteiger charge is -2.22. The van der Waals surface area contributed by atoms with E-state index in [2.05, 4.69) is 4.98 Å². The van der Waals surface area contributed by atoms with Gasteiger partial charge in [-0.25, -0.2) is 16.8 Å². The first kappa shape index (κ1) is 30.0. The quantitative estimate of drug-likeness (QED) is 0.125. The zero-order valence-corrected chi connectivity index (χ0v) is 23.8. The van der Waals surface area contributed by atoms with Gasteiger partial charge in [0.2, 0.25) is 10.0 Å². The third-order valence-corrected chi connectivity index (χ3v) is 9.54. The first-order valence-electron chi connectivity index (χ1n) is 12.1. The number of non-ortho nitro benzene ring substituents is 1. The molecular weight excluding hydrogens is 590 g/mol. The highest BCUT2D eigenvalue weighted by Gasteiger charge is 2.26. The van der Waals surface area contributed by atoms with E-state index < -0.39 is 42.1 Å². The predicted octanol–water partition coefficient (Wildman–Crippen LogP) is 4.83. The van der Waals surface area contributed by atoms with Crippen LogP contribution in [0.25, 0.3) is 0 Å². The molecule has 0 bridgehead atoms. The Labute approximate surface area is 242 Å². The minimum Gasteiger partial charge on any atom is -0.293 e. The molecule has 0 atom stereocenters. The molecule has 0 saturated heterocycles. The summed E-state index contributed by atoms with van der Waals surface area (Å²) >= 11 is 5.93. The van der Waals surface area contributed by atoms with Gasteiger partial charge in [0.1, 0.15) is 5.75 Å². The van der Waals surface area contributed by atoms with Crippen LogP contribution >= 0.6 is 11.6 Å². The fraction of sp³-hybridized carbons (Fsp3) is 0.143. The van der Waals surface area contributed by atoms with Crippen molar-refractivity contribution in [1.82, 2.24) is 9.29 Å². The molecule has 4 aromatic rings. The van der Waals surface area contributed by atoms with Crippen LogP contribution < -0.4 is 0 Å². The highest BCUT2D eigenvalue weighted by molar-refractivity contribution is 7.91. The van der Waals surface area contributed by atoms with E-state index in [0.29, 0.717) is 16.3 Å². The van der Waals surface area contributed by atoms with Crippen molar-refractivity contribution in [3.63, 3.8) is 0 Å². The van der Waals surface area contributed by atoms with Gasteiger partial charge in [-0.15, -0.1) is 0 Å². The third kappa shape index (κ3) is 8.04. The summed E-state index contributed by atoms with van der Waals surface area (Å²) in [4.78, 5) is 27.4. The van der Waals surface area contributed by atoms with Crippen molar-refractivity contribution in [2.75, 3.05) is 5.75 Å². The molecule has 212 valence electrons. The number of rotatable bonds is 12. The van der Waals surface area contributed by atoms with Gasteiger partial charge in [0.15, 0.2) is 15.6 Å². The number of Topliss-reactive ketones (excluding diaryl/α,β-unsaturated/α-hetero) is 1. The number of benzene rings is 3. The Morgan fingerprint density at radius 2 is 1.56 bits per heavy atom. The van der Waals surface area contributed by atoms with Crippen LogP contribution in [0.5, 0.6) is 0 Å². The normalized spacial score (nSPS) is 11.9. The molecule has 0 aliphatic rings. The average Bonchev–Trinajstić information content (AvgIpc) is 2.93. The van der Waals surface area contributed by atoms with Crippen molar-refractivity contribution < 1.29 is 26.6 Å². The number of carbonyl (C=O) groups is 1. The van der Waals surface area contributed by atoms with Crippen molar-refractivity contribution in [2.24, 2.45) is 0 Å². The van der Waals surface area contributed by atoms with Crippen LogP contribution in [0, 0.1) is 10.1 Å². The lowest BCUT2D eigenvalue weighted by atomic mass is 10.1. The predicted molar refractivity (Wildman–Crippen MR) is 153 cm³/mol. The molecule has 0 fully saturated rings. The van der Waals surface area contributed by atoms with Gasteiger partial charge in [-0.3, -0.25) is 19.9 Å². The number of nitrogens with zero attached hydrogens (tertiary/aromatic N) is 3. The number of hydrogen-bond donors (Lipinski definition) is 0. The lowest BCUT2D eigenvalue weighted by molar-refractivity contribution is -0.384. The molecule has 4 rings (SSSR count). The second-order valence-corrected chi connectivity index (χ2v) is 13.6. The van der Waals surface area contributed by atoms with E-state index in [1.165, 1.54) is 58.9 Å². The molecule has 0 saturated carbocycles. The van der Waals surface area contributed by atoms with E-state index in [9.17, 15) is 31.7 Å². The summed E-state index contributed by atoms with van der Waals surface area (Å²) in [7, 11) is -7.87. The minimum absolute atomic E-state index is 0.0115. The number of nitro groups is 1. The Morgan fingerprint density at radius 3 is 2.20 bits per heavy atom. The summed E-state index contributed by atoms with van der Waals surface area (Å²) in [6.07, 6.45) is 1.57. The lowest BCUT2D eigenvalue weighted by Crippen LogP contribution is -2.30. The van der Waals surface area contributed by atoms with Crippen LogP contribution in [0.15, 0.2) is 102 Å². The van der Waals surface area contributed by atoms with E-state index in [4.69, 9.17) is 11.6 Å². The average molecular weight is 614 g/mol. The van der Waals surface area contributed by atoms with Crippen molar-refractivity contribution in [3.05, 3.63) is 135 Å². The van der Waals surface area contributed by atoms with Crippen molar-refractivity contribution in [1.29, 1.82) is 0 Å². The SMILES string of the molecule is O=C(CS(=O)(=O)Cc1cccc([N+](=O)[O-])c1)c1ccc(CN(Cc2ccccn2)S(=O)(=O)c2ccc(Cl)cc2)cc1. The van der Waals surface area contributed by atoms with Crippen LogP contribution in [0.2, 0.25) is 5.02 Å². The molecule has 1 aromatic heterocycles. The summed E-state index contributed by atoms with van der Waals surface area (Å²) in [6, 6.07) is 22.2. The fourth-order valence-corrected chi connectivity index (χ4v) is 6.88. The Balaban J connectivity index is 1.50. The number of ketones is 1. The molecule has 0 aliphatic heterocycles. The molecule has 13 heteroatoms. The van der Waals surface area contributed by atoms with E-state index in [-0.39, 0.29) is 34.8 Å². The van der Waals surface area contributed by atoms with Gasteiger partial charge in [0, 0.05) is 35.5 Å². The Kier molecular flexibility index (Phi) is 9.28. The number of pyridine rings is 1. The Morgan fingerprint density at radius 1 is 0.854 bits per heavy atom. The van der Waals surface area contributed by atoms with E-state index in [0.717, 1.165) is 6.07 Å². The molecular formula is C28H24ClN3O7S2. The third-order valence-electron chi connectivity index (χ3n) is 6.01. The van der Waals surface area contributed by atoms with Crippen LogP contribution in [-0.2, 0) is 38.7 Å². The number of aromatic nitrogens is 1. The van der Waals surface area contributed by atoms with Crippen LogP contribution in [-0.4, -0.2) is 42.6 Å². The molecule has 10 nitrogen and oxygen atoms in total. The zero-order valence-electron chi connectivity index (χ0n) is 21.5. The molecule has 3 aromatic carbocycles. The first-order valence-corrected chi connectivity index (χ1v) is 15.8. The van der Waals surface area contributed by atoms with Crippen molar-refractivity contribution in [2.45, 2.75) is 23.7 Å². The van der Waals surface area contributed by atoms with E-state index in [1.54, 1.807) is 36.5 Å². The minimum atomic E-state index is -3.96. The van der Waals surface area contributed by atoms with Crippen LogP contribution in [0.3, 0.4) is 0 Å². The zero-order chi connectivity index (χ0) is 29.6. The topological polar surface area (TPSA) is 145 Å². The van der Waals surface area contributed by atoms with Gasteiger partial charge in [-0.05, 0) is 47.5 Å². The Bertz CT molecular complexity index is 1760. The molecule has 0 spiro atoms. The first-order chi connectivity index (χ1) is 19.4. The molecule has 1 heterocycles. The van der Waals surface area contributed by atoms with Gasteiger partial charge in [0.25, 0.3) is 5.69 Å². The van der Waals surface area contributed by atoms with Gasteiger partial charge >= 0.3 is 0 Å². The molecule has 0 amide bonds. The maximum Gasteiger partial charge on any atom is 0.269 e. The summed E-state index contributed by atoms with van der Waals surface area (Å²) in [5, 5.41) is 11.4. The number of sulfonamides is 1. The second kappa shape index (κ2) is 12.7. The van der Waals surface area contributed by atoms with Gasteiger partial charge in [0.05, 0.1) is 27.8 Å². The van der Waals surface area contributed by atoms with E-state index >= 15 is 0 Å². The molecule has 0 N–H and O–H groups in total. The monoisotopic (exact) mass is 613 g/mol. The highest BCUT2D eigenvalue weighted by Crippen LogP contribution is 2.23. The Hall–Kier alpha value is -3.97. The number of hydrogen-bond acceptors (Lipinski definition) is 8.